The van der Waals surface area contributed by atoms with Crippen molar-refractivity contribution in [3.8, 4) is 0 Å². The molecule has 66 valence electrons. The second kappa shape index (κ2) is 2.42. The molecule has 0 nitrogen and oxygen atoms in total. The topological polar surface area (TPSA) is 0 Å². The first-order valence-corrected chi connectivity index (χ1v) is 5.84. The number of fused-ring (bicyclic) bond motifs is 1. The normalized spacial score (nSPS) is 33.7. The second-order valence-corrected chi connectivity index (χ2v) is 7.62. The van der Waals surface area contributed by atoms with Crippen molar-refractivity contribution in [2.75, 3.05) is 0 Å². The van der Waals surface area contributed by atoms with Gasteiger partial charge in [0.25, 0.3) is 0 Å². The van der Waals surface area contributed by atoms with E-state index in [4.69, 9.17) is 0 Å². The molecular weight excluding hydrogens is 232 g/mol. The molecule has 1 heterocycles. The van der Waals surface area contributed by atoms with Crippen LogP contribution in [0.4, 0.5) is 0 Å². The lowest BCUT2D eigenvalue weighted by Gasteiger charge is -2.22. The molecule has 0 N–H and O–H groups in total. The zero-order valence-electron chi connectivity index (χ0n) is 7.65. The molecule has 2 aliphatic rings. The number of halogens is 1. The molecule has 0 aromatic carbocycles. The molecular formula is C10H13BrS. The first-order valence-electron chi connectivity index (χ1n) is 4.23. The molecule has 0 unspecified atom stereocenters. The molecule has 0 aromatic rings. The van der Waals surface area contributed by atoms with E-state index in [1.54, 1.807) is 4.91 Å². The van der Waals surface area contributed by atoms with Gasteiger partial charge in [-0.2, -0.15) is 0 Å². The highest BCUT2D eigenvalue weighted by atomic mass is 79.9. The molecule has 1 aliphatic carbocycles. The quantitative estimate of drug-likeness (QED) is 0.457. The van der Waals surface area contributed by atoms with Crippen LogP contribution in [-0.4, -0.2) is 3.66 Å². The van der Waals surface area contributed by atoms with Crippen LogP contribution in [0.15, 0.2) is 22.6 Å². The summed E-state index contributed by atoms with van der Waals surface area (Å²) in [6.45, 7) is 6.83. The van der Waals surface area contributed by atoms with Gasteiger partial charge in [0.05, 0.1) is 0 Å². The zero-order valence-corrected chi connectivity index (χ0v) is 10.1. The molecule has 1 saturated heterocycles. The third-order valence-corrected chi connectivity index (χ3v) is 5.01. The highest BCUT2D eigenvalue weighted by molar-refractivity contribution is 9.13. The molecule has 0 radical (unpaired) electrons. The third-order valence-electron chi connectivity index (χ3n) is 2.28. The molecule has 0 saturated carbocycles. The van der Waals surface area contributed by atoms with Crippen LogP contribution in [0, 0.1) is 5.41 Å². The van der Waals surface area contributed by atoms with Gasteiger partial charge < -0.3 is 0 Å². The van der Waals surface area contributed by atoms with E-state index in [0.29, 0.717) is 9.07 Å². The predicted molar refractivity (Wildman–Crippen MR) is 59.5 cm³/mol. The van der Waals surface area contributed by atoms with Gasteiger partial charge >= 0.3 is 0 Å². The van der Waals surface area contributed by atoms with E-state index in [1.807, 2.05) is 11.8 Å². The number of alkyl halides is 1. The van der Waals surface area contributed by atoms with Crippen LogP contribution in [0.5, 0.6) is 0 Å². The van der Waals surface area contributed by atoms with Crippen LogP contribution in [0.25, 0.3) is 0 Å². The summed E-state index contributed by atoms with van der Waals surface area (Å²) in [5.74, 6) is 0. The Bertz CT molecular complexity index is 283. The van der Waals surface area contributed by atoms with Crippen LogP contribution in [-0.2, 0) is 0 Å². The van der Waals surface area contributed by atoms with Crippen molar-refractivity contribution >= 4 is 27.7 Å². The number of allylic oxidation sites excluding steroid dienone is 3. The van der Waals surface area contributed by atoms with Gasteiger partial charge in [0.2, 0.25) is 0 Å². The number of rotatable bonds is 0. The zero-order chi connectivity index (χ0) is 8.98. The third kappa shape index (κ3) is 1.29. The average Bonchev–Trinajstić information content (AvgIpc) is 2.56. The van der Waals surface area contributed by atoms with Crippen LogP contribution >= 0.6 is 27.7 Å². The van der Waals surface area contributed by atoms with E-state index < -0.39 is 0 Å². The summed E-state index contributed by atoms with van der Waals surface area (Å²) in [5, 5.41) is 0. The lowest BCUT2D eigenvalue weighted by atomic mass is 9.84. The first-order chi connectivity index (χ1) is 5.43. The molecule has 0 aromatic heterocycles. The van der Waals surface area contributed by atoms with Gasteiger partial charge in [-0.15, -0.1) is 11.8 Å². The molecule has 1 fully saturated rings. The van der Waals surface area contributed by atoms with Crippen molar-refractivity contribution in [3.63, 3.8) is 0 Å². The highest BCUT2D eigenvalue weighted by Gasteiger charge is 2.51. The maximum atomic E-state index is 3.75. The molecule has 2 rings (SSSR count). The lowest BCUT2D eigenvalue weighted by Crippen LogP contribution is -2.11. The van der Waals surface area contributed by atoms with Crippen molar-refractivity contribution in [2.45, 2.75) is 30.8 Å². The van der Waals surface area contributed by atoms with Crippen molar-refractivity contribution in [1.29, 1.82) is 0 Å². The van der Waals surface area contributed by atoms with Gasteiger partial charge in [-0.05, 0) is 17.4 Å². The second-order valence-electron chi connectivity index (χ2n) is 4.43. The Labute approximate surface area is 86.6 Å². The maximum absolute atomic E-state index is 3.75. The van der Waals surface area contributed by atoms with Crippen LogP contribution in [0.3, 0.4) is 0 Å². The van der Waals surface area contributed by atoms with Crippen molar-refractivity contribution in [2.24, 2.45) is 5.41 Å². The van der Waals surface area contributed by atoms with Gasteiger partial charge in [-0.25, -0.2) is 0 Å². The minimum Gasteiger partial charge on any atom is -0.104 e. The van der Waals surface area contributed by atoms with Crippen molar-refractivity contribution in [3.05, 3.63) is 22.6 Å². The molecule has 1 aliphatic heterocycles. The average molecular weight is 245 g/mol. The molecule has 2 heteroatoms. The summed E-state index contributed by atoms with van der Waals surface area (Å²) in [4.78, 5) is 1.55. The summed E-state index contributed by atoms with van der Waals surface area (Å²) < 4.78 is 0.296. The fraction of sp³-hybridized carbons (Fsp3) is 0.600. The molecule has 0 spiro atoms. The van der Waals surface area contributed by atoms with Gasteiger partial charge in [-0.1, -0.05) is 48.9 Å². The first kappa shape index (κ1) is 8.89. The summed E-state index contributed by atoms with van der Waals surface area (Å²) >= 11 is 5.72. The Morgan fingerprint density at radius 1 is 1.50 bits per heavy atom. The Morgan fingerprint density at radius 2 is 2.17 bits per heavy atom. The van der Waals surface area contributed by atoms with Gasteiger partial charge in [0.1, 0.15) is 3.66 Å². The molecule has 0 bridgehead atoms. The summed E-state index contributed by atoms with van der Waals surface area (Å²) in [6, 6.07) is 0. The van der Waals surface area contributed by atoms with E-state index in [9.17, 15) is 0 Å². The largest absolute Gasteiger partial charge is 0.110 e. The number of hydrogen-bond donors (Lipinski definition) is 0. The number of thioether (sulfide) groups is 1. The van der Waals surface area contributed by atoms with Crippen molar-refractivity contribution in [1.82, 2.24) is 0 Å². The minimum absolute atomic E-state index is 0.296. The monoisotopic (exact) mass is 244 g/mol. The summed E-state index contributed by atoms with van der Waals surface area (Å²) in [5.41, 5.74) is 1.81. The molecule has 0 amide bonds. The smallest absolute Gasteiger partial charge is 0.104 e. The van der Waals surface area contributed by atoms with Gasteiger partial charge in [-0.3, -0.25) is 0 Å². The molecule has 12 heavy (non-hydrogen) atoms. The van der Waals surface area contributed by atoms with E-state index in [-0.39, 0.29) is 0 Å². The standard InChI is InChI=1S/C10H13BrS/c1-9(2,3)7-5-4-6-10(11)8(7)12-10/h4-5H,6H2,1-3H3/t10-/m1/s1. The van der Waals surface area contributed by atoms with Gasteiger partial charge in [0, 0.05) is 4.91 Å². The van der Waals surface area contributed by atoms with Gasteiger partial charge in [0.15, 0.2) is 0 Å². The fourth-order valence-corrected chi connectivity index (χ4v) is 3.54. The van der Waals surface area contributed by atoms with E-state index in [1.165, 1.54) is 5.57 Å². The van der Waals surface area contributed by atoms with Crippen LogP contribution < -0.4 is 0 Å². The fourth-order valence-electron chi connectivity index (χ4n) is 1.52. The van der Waals surface area contributed by atoms with Crippen LogP contribution in [0.1, 0.15) is 27.2 Å². The highest BCUT2D eigenvalue weighted by Crippen LogP contribution is 2.69. The summed E-state index contributed by atoms with van der Waals surface area (Å²) in [6.07, 6.45) is 5.71. The summed E-state index contributed by atoms with van der Waals surface area (Å²) in [7, 11) is 0. The van der Waals surface area contributed by atoms with E-state index in [0.717, 1.165) is 6.42 Å². The Morgan fingerprint density at radius 3 is 2.67 bits per heavy atom. The number of hydrogen-bond acceptors (Lipinski definition) is 1. The van der Waals surface area contributed by atoms with Crippen LogP contribution in [0.2, 0.25) is 0 Å². The molecule has 1 atom stereocenters. The van der Waals surface area contributed by atoms with Crippen molar-refractivity contribution < 1.29 is 0 Å². The van der Waals surface area contributed by atoms with E-state index >= 15 is 0 Å². The predicted octanol–water partition coefficient (Wildman–Crippen LogP) is 4.08. The van der Waals surface area contributed by atoms with E-state index in [2.05, 4.69) is 48.9 Å². The lowest BCUT2D eigenvalue weighted by molar-refractivity contribution is 0.513. The SMILES string of the molecule is CC(C)(C)C1=C2S[C@]2(Br)CC=C1. The Hall–Kier alpha value is 0.310. The maximum Gasteiger partial charge on any atom is 0.110 e. The minimum atomic E-state index is 0.296. The Balaban J connectivity index is 2.39. The Kier molecular flexibility index (Phi) is 1.79.